The van der Waals surface area contributed by atoms with Crippen LogP contribution in [0.5, 0.6) is 0 Å². The maximum absolute atomic E-state index is 12.5. The second-order valence-corrected chi connectivity index (χ2v) is 9.43. The number of carbonyl (C=O) groups excluding carboxylic acids is 2. The summed E-state index contributed by atoms with van der Waals surface area (Å²) in [4.78, 5) is 24.0. The first-order valence-corrected chi connectivity index (χ1v) is 13.0. The molecule has 0 aliphatic rings. The van der Waals surface area contributed by atoms with E-state index in [9.17, 15) is 9.59 Å². The van der Waals surface area contributed by atoms with Crippen molar-refractivity contribution in [2.45, 2.75) is 46.1 Å². The van der Waals surface area contributed by atoms with Crippen LogP contribution in [0.2, 0.25) is 0 Å². The molecule has 1 aromatic heterocycles. The predicted molar refractivity (Wildman–Crippen MR) is 148 cm³/mol. The van der Waals surface area contributed by atoms with E-state index in [-0.39, 0.29) is 24.2 Å². The van der Waals surface area contributed by atoms with Crippen LogP contribution in [0.1, 0.15) is 62.0 Å². The van der Waals surface area contributed by atoms with Crippen LogP contribution < -0.4 is 5.32 Å². The molecule has 0 radical (unpaired) electrons. The fourth-order valence-electron chi connectivity index (χ4n) is 4.21. The topological polar surface area (TPSA) is 94.3 Å². The number of nitrogens with one attached hydrogen (secondary N) is 1. The Morgan fingerprint density at radius 2 is 1.47 bits per heavy atom. The molecule has 1 N–H and O–H groups in total. The summed E-state index contributed by atoms with van der Waals surface area (Å²) in [6.07, 6.45) is 1.06. The highest BCUT2D eigenvalue weighted by atomic mass is 16.5. The minimum atomic E-state index is -0.262. The van der Waals surface area contributed by atoms with Gasteiger partial charge in [-0.3, -0.25) is 9.59 Å². The van der Waals surface area contributed by atoms with Gasteiger partial charge in [0, 0.05) is 35.2 Å². The molecule has 0 aliphatic heterocycles. The Labute approximate surface area is 223 Å². The zero-order valence-corrected chi connectivity index (χ0v) is 22.0. The lowest BCUT2D eigenvalue weighted by molar-refractivity contribution is -0.143. The molecule has 7 heteroatoms. The molecule has 196 valence electrons. The van der Waals surface area contributed by atoms with Crippen LogP contribution >= 0.6 is 0 Å². The molecule has 1 atom stereocenters. The lowest BCUT2D eigenvalue weighted by atomic mass is 9.94. The molecule has 0 fully saturated rings. The molecule has 38 heavy (non-hydrogen) atoms. The zero-order valence-electron chi connectivity index (χ0n) is 22.0. The number of aromatic nitrogens is 2. The van der Waals surface area contributed by atoms with Crippen molar-refractivity contribution in [2.24, 2.45) is 5.92 Å². The van der Waals surface area contributed by atoms with Gasteiger partial charge in [0.25, 0.3) is 0 Å². The Bertz CT molecular complexity index is 1330. The summed E-state index contributed by atoms with van der Waals surface area (Å²) in [6, 6.07) is 25.4. The third-order valence-corrected chi connectivity index (χ3v) is 6.25. The van der Waals surface area contributed by atoms with Crippen LogP contribution in [0.3, 0.4) is 0 Å². The number of esters is 1. The Hall–Kier alpha value is -4.26. The van der Waals surface area contributed by atoms with Crippen molar-refractivity contribution < 1.29 is 18.7 Å². The monoisotopic (exact) mass is 511 g/mol. The highest BCUT2D eigenvalue weighted by Crippen LogP contribution is 2.30. The molecule has 0 saturated carbocycles. The lowest BCUT2D eigenvalue weighted by Gasteiger charge is -2.24. The predicted octanol–water partition coefficient (Wildman–Crippen LogP) is 7.13. The molecule has 7 nitrogen and oxygen atoms in total. The van der Waals surface area contributed by atoms with Crippen molar-refractivity contribution in [1.82, 2.24) is 10.2 Å². The summed E-state index contributed by atoms with van der Waals surface area (Å²) in [5.41, 5.74) is 4.44. The number of ether oxygens (including phenoxy) is 1. The van der Waals surface area contributed by atoms with Crippen molar-refractivity contribution in [2.75, 3.05) is 11.9 Å². The molecule has 3 aromatic carbocycles. The Morgan fingerprint density at radius 3 is 2.08 bits per heavy atom. The second-order valence-electron chi connectivity index (χ2n) is 9.43. The van der Waals surface area contributed by atoms with Gasteiger partial charge in [0.2, 0.25) is 11.8 Å². The summed E-state index contributed by atoms with van der Waals surface area (Å²) < 4.78 is 10.8. The van der Waals surface area contributed by atoms with Crippen molar-refractivity contribution >= 4 is 17.4 Å². The number of benzene rings is 3. The lowest BCUT2D eigenvalue weighted by Crippen LogP contribution is -2.16. The van der Waals surface area contributed by atoms with Crippen LogP contribution in [0.4, 0.5) is 5.69 Å². The average molecular weight is 512 g/mol. The maximum Gasteiger partial charge on any atom is 0.305 e. The van der Waals surface area contributed by atoms with Gasteiger partial charge in [-0.05, 0) is 73.4 Å². The first-order chi connectivity index (χ1) is 18.4. The molecule has 0 spiro atoms. The van der Waals surface area contributed by atoms with E-state index in [1.807, 2.05) is 66.7 Å². The third kappa shape index (κ3) is 6.94. The largest absolute Gasteiger partial charge is 0.466 e. The summed E-state index contributed by atoms with van der Waals surface area (Å²) in [5.74, 6) is 1.05. The number of carbonyl (C=O) groups is 2. The number of hydrogen-bond acceptors (Lipinski definition) is 7. The molecule has 0 amide bonds. The SMILES string of the molecule is CCOC(=O)CCCC(=O)c1ccc(N[C@@H](c2ccc(-c3nnc(-c4ccccc4)o3)cc2)C(C)C)cc1. The van der Waals surface area contributed by atoms with E-state index in [0.717, 1.165) is 22.4 Å². The van der Waals surface area contributed by atoms with E-state index in [2.05, 4.69) is 41.5 Å². The molecule has 0 unspecified atom stereocenters. The van der Waals surface area contributed by atoms with Gasteiger partial charge in [0.15, 0.2) is 5.78 Å². The summed E-state index contributed by atoms with van der Waals surface area (Å²) >= 11 is 0. The average Bonchev–Trinajstić information content (AvgIpc) is 3.43. The van der Waals surface area contributed by atoms with Gasteiger partial charge in [-0.2, -0.15) is 0 Å². The first kappa shape index (κ1) is 26.8. The fourth-order valence-corrected chi connectivity index (χ4v) is 4.21. The number of hydrogen-bond donors (Lipinski definition) is 1. The fraction of sp³-hybridized carbons (Fsp3) is 0.290. The molecule has 0 bridgehead atoms. The molecule has 4 rings (SSSR count). The van der Waals surface area contributed by atoms with E-state index in [1.54, 1.807) is 6.92 Å². The van der Waals surface area contributed by atoms with E-state index in [0.29, 0.717) is 42.7 Å². The minimum Gasteiger partial charge on any atom is -0.466 e. The summed E-state index contributed by atoms with van der Waals surface area (Å²) in [6.45, 7) is 6.46. The van der Waals surface area contributed by atoms with E-state index >= 15 is 0 Å². The Kier molecular flexibility index (Phi) is 9.03. The van der Waals surface area contributed by atoms with Crippen LogP contribution in [0, 0.1) is 5.92 Å². The van der Waals surface area contributed by atoms with Crippen LogP contribution in [0.15, 0.2) is 83.3 Å². The quantitative estimate of drug-likeness (QED) is 0.160. The van der Waals surface area contributed by atoms with Gasteiger partial charge in [-0.25, -0.2) is 0 Å². The normalized spacial score (nSPS) is 11.8. The molecule has 4 aromatic rings. The number of anilines is 1. The standard InChI is InChI=1S/C31H33N3O4/c1-4-37-28(36)12-8-11-27(35)22-17-19-26(20-18-22)32-29(21(2)3)23-13-15-25(16-14-23)31-34-33-30(38-31)24-9-6-5-7-10-24/h5-7,9-10,13-21,29,32H,4,8,11-12H2,1-3H3/t29-/m1/s1. The number of rotatable bonds is 12. The van der Waals surface area contributed by atoms with Crippen molar-refractivity contribution in [3.05, 3.63) is 90.0 Å². The van der Waals surface area contributed by atoms with E-state index in [4.69, 9.17) is 9.15 Å². The maximum atomic E-state index is 12.5. The molecular formula is C31H33N3O4. The van der Waals surface area contributed by atoms with Gasteiger partial charge >= 0.3 is 5.97 Å². The number of nitrogens with zero attached hydrogens (tertiary/aromatic N) is 2. The zero-order chi connectivity index (χ0) is 26.9. The summed E-state index contributed by atoms with van der Waals surface area (Å²) in [5, 5.41) is 12.0. The highest BCUT2D eigenvalue weighted by Gasteiger charge is 2.17. The molecule has 1 heterocycles. The van der Waals surface area contributed by atoms with Gasteiger partial charge in [-0.15, -0.1) is 10.2 Å². The first-order valence-electron chi connectivity index (χ1n) is 13.0. The molecule has 0 saturated heterocycles. The van der Waals surface area contributed by atoms with Crippen molar-refractivity contribution in [1.29, 1.82) is 0 Å². The third-order valence-electron chi connectivity index (χ3n) is 6.25. The summed E-state index contributed by atoms with van der Waals surface area (Å²) in [7, 11) is 0. The van der Waals surface area contributed by atoms with E-state index < -0.39 is 0 Å². The van der Waals surface area contributed by atoms with Crippen molar-refractivity contribution in [3.8, 4) is 22.9 Å². The van der Waals surface area contributed by atoms with Gasteiger partial charge < -0.3 is 14.5 Å². The smallest absolute Gasteiger partial charge is 0.305 e. The Morgan fingerprint density at radius 1 is 0.842 bits per heavy atom. The van der Waals surface area contributed by atoms with Crippen molar-refractivity contribution in [3.63, 3.8) is 0 Å². The Balaban J connectivity index is 1.38. The second kappa shape index (κ2) is 12.8. The van der Waals surface area contributed by atoms with Crippen LogP contribution in [0.25, 0.3) is 22.9 Å². The molecule has 0 aliphatic carbocycles. The van der Waals surface area contributed by atoms with Gasteiger partial charge in [-0.1, -0.05) is 44.2 Å². The van der Waals surface area contributed by atoms with Crippen LogP contribution in [-0.4, -0.2) is 28.6 Å². The molecular weight excluding hydrogens is 478 g/mol. The highest BCUT2D eigenvalue weighted by molar-refractivity contribution is 5.96. The number of Topliss-reactive ketones (excluding diaryl/α,β-unsaturated/α-hetero) is 1. The van der Waals surface area contributed by atoms with Crippen LogP contribution in [-0.2, 0) is 9.53 Å². The van der Waals surface area contributed by atoms with Gasteiger partial charge in [0.1, 0.15) is 0 Å². The number of ketones is 1. The minimum absolute atomic E-state index is 0.0216. The van der Waals surface area contributed by atoms with E-state index in [1.165, 1.54) is 0 Å². The van der Waals surface area contributed by atoms with Gasteiger partial charge in [0.05, 0.1) is 12.6 Å².